The summed E-state index contributed by atoms with van der Waals surface area (Å²) in [5.74, 6) is -1.68. The first-order chi connectivity index (χ1) is 13.1. The van der Waals surface area contributed by atoms with E-state index in [1.807, 2.05) is 0 Å². The fraction of sp³-hybridized carbons (Fsp3) is 0.444. The van der Waals surface area contributed by atoms with Gasteiger partial charge in [-0.1, -0.05) is 13.3 Å². The van der Waals surface area contributed by atoms with Crippen LogP contribution in [0, 0.1) is 0 Å². The van der Waals surface area contributed by atoms with Crippen LogP contribution in [0.1, 0.15) is 40.5 Å². The quantitative estimate of drug-likeness (QED) is 0.551. The first-order valence-corrected chi connectivity index (χ1v) is 9.98. The van der Waals surface area contributed by atoms with Gasteiger partial charge in [0, 0.05) is 26.0 Å². The predicted octanol–water partition coefficient (Wildman–Crippen LogP) is 1.97. The van der Waals surface area contributed by atoms with Gasteiger partial charge in [-0.3, -0.25) is 4.55 Å². The molecule has 2 rings (SSSR count). The highest BCUT2D eigenvalue weighted by Gasteiger charge is 2.19. The van der Waals surface area contributed by atoms with Crippen LogP contribution < -0.4 is 0 Å². The van der Waals surface area contributed by atoms with E-state index in [9.17, 15) is 18.0 Å². The van der Waals surface area contributed by atoms with Gasteiger partial charge in [0.2, 0.25) is 0 Å². The van der Waals surface area contributed by atoms with Gasteiger partial charge >= 0.3 is 11.9 Å². The molecule has 0 fully saturated rings. The zero-order valence-electron chi connectivity index (χ0n) is 16.4. The Bertz CT molecular complexity index is 787. The highest BCUT2D eigenvalue weighted by molar-refractivity contribution is 7.85. The molecule has 1 aromatic rings. The summed E-state index contributed by atoms with van der Waals surface area (Å²) >= 11 is 0. The van der Waals surface area contributed by atoms with Crippen LogP contribution in [0.3, 0.4) is 0 Å². The molecule has 0 radical (unpaired) electrons. The highest BCUT2D eigenvalue weighted by atomic mass is 32.2. The van der Waals surface area contributed by atoms with Crippen molar-refractivity contribution in [3.8, 4) is 0 Å². The zero-order valence-corrected chi connectivity index (χ0v) is 17.2. The second-order valence-electron chi connectivity index (χ2n) is 6.07. The van der Waals surface area contributed by atoms with Crippen molar-refractivity contribution < 1.29 is 32.0 Å². The smallest absolute Gasteiger partial charge is 0.337 e. The Balaban J connectivity index is 0.000000330. The third-order valence-electron chi connectivity index (χ3n) is 3.78. The Hall–Kier alpha value is -2.59. The minimum absolute atomic E-state index is 0.187. The Labute approximate surface area is 165 Å². The summed E-state index contributed by atoms with van der Waals surface area (Å²) in [5.41, 5.74) is -0.374. The average Bonchev–Trinajstić information content (AvgIpc) is 3.09. The van der Waals surface area contributed by atoms with Gasteiger partial charge in [0.15, 0.2) is 0 Å². The van der Waals surface area contributed by atoms with Crippen molar-refractivity contribution in [1.82, 2.24) is 9.80 Å². The fourth-order valence-corrected chi connectivity index (χ4v) is 2.87. The maximum absolute atomic E-state index is 11.3. The third kappa shape index (κ3) is 7.20. The van der Waals surface area contributed by atoms with Gasteiger partial charge in [-0.05, 0) is 24.6 Å². The number of esters is 2. The van der Waals surface area contributed by atoms with Gasteiger partial charge < -0.3 is 19.3 Å². The Morgan fingerprint density at radius 2 is 1.61 bits per heavy atom. The van der Waals surface area contributed by atoms with E-state index in [1.165, 1.54) is 19.4 Å². The number of benzene rings is 1. The van der Waals surface area contributed by atoms with E-state index in [0.29, 0.717) is 0 Å². The largest absolute Gasteiger partial charge is 0.465 e. The normalized spacial score (nSPS) is 13.0. The lowest BCUT2D eigenvalue weighted by molar-refractivity contribution is 0.0598. The second kappa shape index (κ2) is 10.7. The molecule has 0 aromatic heterocycles. The number of hydrogen-bond donors (Lipinski definition) is 1. The van der Waals surface area contributed by atoms with E-state index >= 15 is 0 Å². The van der Waals surface area contributed by atoms with E-state index in [1.54, 1.807) is 0 Å². The third-order valence-corrected chi connectivity index (χ3v) is 4.61. The van der Waals surface area contributed by atoms with E-state index in [-0.39, 0.29) is 11.1 Å². The summed E-state index contributed by atoms with van der Waals surface area (Å²) in [7, 11) is -0.252. The first kappa shape index (κ1) is 23.4. The molecular formula is C18H26N2O7S. The maximum atomic E-state index is 11.3. The molecule has 0 saturated carbocycles. The van der Waals surface area contributed by atoms with Crippen LogP contribution in [0.5, 0.6) is 0 Å². The molecule has 28 heavy (non-hydrogen) atoms. The fourth-order valence-electron chi connectivity index (χ4n) is 2.31. The summed E-state index contributed by atoms with van der Waals surface area (Å²) in [6, 6.07) is 2.90. The Morgan fingerprint density at radius 1 is 1.07 bits per heavy atom. The molecule has 0 spiro atoms. The monoisotopic (exact) mass is 414 g/mol. The van der Waals surface area contributed by atoms with E-state index < -0.39 is 27.0 Å². The van der Waals surface area contributed by atoms with Crippen LogP contribution in [0.25, 0.3) is 0 Å². The maximum Gasteiger partial charge on any atom is 0.337 e. The topological polar surface area (TPSA) is 113 Å². The van der Waals surface area contributed by atoms with Crippen LogP contribution >= 0.6 is 0 Å². The van der Waals surface area contributed by atoms with Gasteiger partial charge in [-0.25, -0.2) is 9.59 Å². The molecular weight excluding hydrogens is 388 g/mol. The number of nitrogens with zero attached hydrogens (tertiary/aromatic N) is 2. The zero-order chi connectivity index (χ0) is 21.3. The molecule has 156 valence electrons. The van der Waals surface area contributed by atoms with Crippen LogP contribution in [0.2, 0.25) is 0 Å². The minimum Gasteiger partial charge on any atom is -0.465 e. The van der Waals surface area contributed by atoms with Crippen molar-refractivity contribution in [3.63, 3.8) is 0 Å². The Kier molecular flexibility index (Phi) is 8.93. The minimum atomic E-state index is -4.55. The van der Waals surface area contributed by atoms with Crippen molar-refractivity contribution in [2.24, 2.45) is 0 Å². The highest BCUT2D eigenvalue weighted by Crippen LogP contribution is 2.16. The van der Waals surface area contributed by atoms with Crippen LogP contribution in [0.15, 0.2) is 35.5 Å². The number of carbonyl (C=O) groups is 2. The predicted molar refractivity (Wildman–Crippen MR) is 102 cm³/mol. The molecule has 0 unspecified atom stereocenters. The summed E-state index contributed by atoms with van der Waals surface area (Å²) in [5, 5.41) is 0. The van der Waals surface area contributed by atoms with Crippen molar-refractivity contribution in [2.45, 2.75) is 24.7 Å². The van der Waals surface area contributed by atoms with Crippen LogP contribution in [0.4, 0.5) is 0 Å². The summed E-state index contributed by atoms with van der Waals surface area (Å²) in [4.78, 5) is 26.5. The lowest BCUT2D eigenvalue weighted by Crippen LogP contribution is -2.23. The molecule has 1 N–H and O–H groups in total. The summed E-state index contributed by atoms with van der Waals surface area (Å²) < 4.78 is 39.7. The van der Waals surface area contributed by atoms with E-state index in [4.69, 9.17) is 4.55 Å². The van der Waals surface area contributed by atoms with Crippen LogP contribution in [-0.4, -0.2) is 69.2 Å². The SMILES string of the molecule is CCCCN1C=CN(C)C1.COC(=O)c1cc(C(=O)OC)cc(S(=O)(=O)O)c1. The molecule has 1 aromatic carbocycles. The second-order valence-corrected chi connectivity index (χ2v) is 7.49. The van der Waals surface area contributed by atoms with Crippen LogP contribution in [-0.2, 0) is 19.6 Å². The number of unbranched alkanes of at least 4 members (excludes halogenated alkanes) is 1. The summed E-state index contributed by atoms with van der Waals surface area (Å²) in [6.07, 6.45) is 6.87. The van der Waals surface area contributed by atoms with Gasteiger partial charge in [-0.15, -0.1) is 0 Å². The first-order valence-electron chi connectivity index (χ1n) is 8.54. The van der Waals surface area contributed by atoms with Crippen molar-refractivity contribution in [1.29, 1.82) is 0 Å². The van der Waals surface area contributed by atoms with Gasteiger partial charge in [-0.2, -0.15) is 8.42 Å². The van der Waals surface area contributed by atoms with E-state index in [0.717, 1.165) is 39.1 Å². The molecule has 0 aliphatic carbocycles. The average molecular weight is 414 g/mol. The number of carbonyl (C=O) groups excluding carboxylic acids is 2. The number of rotatable bonds is 6. The van der Waals surface area contributed by atoms with Crippen molar-refractivity contribution >= 4 is 22.1 Å². The molecule has 0 bridgehead atoms. The molecule has 0 saturated heterocycles. The van der Waals surface area contributed by atoms with Crippen molar-refractivity contribution in [2.75, 3.05) is 34.5 Å². The Morgan fingerprint density at radius 3 is 1.96 bits per heavy atom. The van der Waals surface area contributed by atoms with E-state index in [2.05, 4.69) is 45.6 Å². The summed E-state index contributed by atoms with van der Waals surface area (Å²) in [6.45, 7) is 4.50. The molecule has 9 nitrogen and oxygen atoms in total. The number of ether oxygens (including phenoxy) is 2. The molecule has 0 amide bonds. The lowest BCUT2D eigenvalue weighted by Gasteiger charge is -2.17. The number of methoxy groups -OCH3 is 2. The van der Waals surface area contributed by atoms with Gasteiger partial charge in [0.05, 0.1) is 36.9 Å². The molecule has 10 heteroatoms. The van der Waals surface area contributed by atoms with Gasteiger partial charge in [0.25, 0.3) is 10.1 Å². The van der Waals surface area contributed by atoms with Crippen molar-refractivity contribution in [3.05, 3.63) is 41.7 Å². The molecule has 1 heterocycles. The molecule has 1 aliphatic rings. The number of hydrogen-bond acceptors (Lipinski definition) is 8. The standard InChI is InChI=1S/C10H10O7S.C8H16N2/c1-16-9(11)6-3-7(10(12)17-2)5-8(4-6)18(13,14)15;1-3-4-5-10-7-6-9(2)8-10/h3-5H,1-2H3,(H,13,14,15);6-7H,3-5,8H2,1-2H3. The lowest BCUT2D eigenvalue weighted by atomic mass is 10.1. The van der Waals surface area contributed by atoms with Gasteiger partial charge in [0.1, 0.15) is 0 Å². The molecule has 1 aliphatic heterocycles. The molecule has 0 atom stereocenters.